The molecule has 1 unspecified atom stereocenters. The molecular formula is C10H17N3O3S2. The Kier molecular flexibility index (Phi) is 4.31. The predicted molar refractivity (Wildman–Crippen MR) is 69.2 cm³/mol. The molecule has 18 heavy (non-hydrogen) atoms. The quantitative estimate of drug-likeness (QED) is 0.811. The molecule has 2 rings (SSSR count). The van der Waals surface area contributed by atoms with Crippen LogP contribution in [0.15, 0.2) is 0 Å². The van der Waals surface area contributed by atoms with Crippen LogP contribution in [0.3, 0.4) is 0 Å². The first-order valence-electron chi connectivity index (χ1n) is 5.84. The summed E-state index contributed by atoms with van der Waals surface area (Å²) in [6.45, 7) is 2.94. The van der Waals surface area contributed by atoms with Gasteiger partial charge in [-0.25, -0.2) is 8.42 Å². The number of hydrogen-bond donors (Lipinski definition) is 1. The molecule has 2 heterocycles. The van der Waals surface area contributed by atoms with Crippen molar-refractivity contribution in [3.63, 3.8) is 0 Å². The highest BCUT2D eigenvalue weighted by Crippen LogP contribution is 2.20. The van der Waals surface area contributed by atoms with Gasteiger partial charge >= 0.3 is 0 Å². The van der Waals surface area contributed by atoms with E-state index in [2.05, 4.69) is 10.2 Å². The van der Waals surface area contributed by atoms with E-state index in [-0.39, 0.29) is 24.2 Å². The smallest absolute Gasteiger partial charge is 0.151 e. The number of hydrogen-bond acceptors (Lipinski definition) is 7. The Hall–Kier alpha value is -0.570. The lowest BCUT2D eigenvalue weighted by atomic mass is 10.2. The summed E-state index contributed by atoms with van der Waals surface area (Å²) in [5, 5.41) is 18.8. The van der Waals surface area contributed by atoms with Gasteiger partial charge in [-0.1, -0.05) is 0 Å². The third-order valence-corrected chi connectivity index (χ3v) is 5.59. The zero-order valence-electron chi connectivity index (χ0n) is 10.2. The van der Waals surface area contributed by atoms with Gasteiger partial charge in [-0.05, 0) is 13.3 Å². The van der Waals surface area contributed by atoms with Gasteiger partial charge in [0, 0.05) is 12.6 Å². The van der Waals surface area contributed by atoms with Gasteiger partial charge in [0.25, 0.3) is 0 Å². The van der Waals surface area contributed by atoms with E-state index in [0.29, 0.717) is 19.5 Å². The highest BCUT2D eigenvalue weighted by molar-refractivity contribution is 7.91. The van der Waals surface area contributed by atoms with Crippen molar-refractivity contribution in [1.82, 2.24) is 15.1 Å². The summed E-state index contributed by atoms with van der Waals surface area (Å²) < 4.78 is 23.0. The first kappa shape index (κ1) is 13.9. The van der Waals surface area contributed by atoms with Crippen molar-refractivity contribution >= 4 is 21.2 Å². The average molecular weight is 291 g/mol. The van der Waals surface area contributed by atoms with E-state index in [0.717, 1.165) is 10.0 Å². The van der Waals surface area contributed by atoms with Crippen molar-refractivity contribution in [3.8, 4) is 0 Å². The van der Waals surface area contributed by atoms with Crippen LogP contribution in [0, 0.1) is 6.92 Å². The van der Waals surface area contributed by atoms with Crippen molar-refractivity contribution in [2.75, 3.05) is 24.7 Å². The van der Waals surface area contributed by atoms with Gasteiger partial charge < -0.3 is 5.11 Å². The monoisotopic (exact) mass is 291 g/mol. The zero-order valence-corrected chi connectivity index (χ0v) is 11.9. The fourth-order valence-electron chi connectivity index (χ4n) is 2.16. The molecule has 0 amide bonds. The van der Waals surface area contributed by atoms with Gasteiger partial charge in [-0.2, -0.15) is 0 Å². The van der Waals surface area contributed by atoms with Crippen LogP contribution in [0.25, 0.3) is 0 Å². The first-order chi connectivity index (χ1) is 8.50. The number of sulfone groups is 1. The molecule has 1 fully saturated rings. The number of nitrogens with zero attached hydrogens (tertiary/aromatic N) is 3. The number of rotatable bonds is 5. The van der Waals surface area contributed by atoms with E-state index >= 15 is 0 Å². The van der Waals surface area contributed by atoms with Gasteiger partial charge in [0.2, 0.25) is 0 Å². The fraction of sp³-hybridized carbons (Fsp3) is 0.800. The molecular weight excluding hydrogens is 274 g/mol. The van der Waals surface area contributed by atoms with Crippen LogP contribution in [0.2, 0.25) is 0 Å². The van der Waals surface area contributed by atoms with Crippen LogP contribution in [-0.4, -0.2) is 59.3 Å². The minimum absolute atomic E-state index is 0.00800. The number of aliphatic hydroxyl groups is 1. The average Bonchev–Trinajstić information content (AvgIpc) is 2.84. The van der Waals surface area contributed by atoms with Crippen molar-refractivity contribution in [2.45, 2.75) is 25.9 Å². The molecule has 8 heteroatoms. The normalized spacial score (nSPS) is 22.7. The van der Waals surface area contributed by atoms with Crippen LogP contribution in [-0.2, 0) is 16.4 Å². The Labute approximate surface area is 111 Å². The summed E-state index contributed by atoms with van der Waals surface area (Å²) in [7, 11) is -2.90. The van der Waals surface area contributed by atoms with Crippen LogP contribution < -0.4 is 0 Å². The van der Waals surface area contributed by atoms with Gasteiger partial charge in [-0.15, -0.1) is 21.5 Å². The molecule has 1 aromatic heterocycles. The predicted octanol–water partition coefficient (Wildman–Crippen LogP) is -0.172. The van der Waals surface area contributed by atoms with Crippen LogP contribution >= 0.6 is 11.3 Å². The Bertz CT molecular complexity index is 500. The molecule has 102 valence electrons. The van der Waals surface area contributed by atoms with Gasteiger partial charge in [0.05, 0.1) is 24.7 Å². The molecule has 1 saturated heterocycles. The molecule has 0 saturated carbocycles. The molecule has 6 nitrogen and oxygen atoms in total. The highest BCUT2D eigenvalue weighted by atomic mass is 32.2. The van der Waals surface area contributed by atoms with E-state index in [9.17, 15) is 8.42 Å². The van der Waals surface area contributed by atoms with Crippen LogP contribution in [0.5, 0.6) is 0 Å². The summed E-state index contributed by atoms with van der Waals surface area (Å²) in [5.41, 5.74) is 0. The minimum atomic E-state index is -2.90. The van der Waals surface area contributed by atoms with Crippen molar-refractivity contribution in [2.24, 2.45) is 0 Å². The molecule has 0 aromatic carbocycles. The Morgan fingerprint density at radius 2 is 2.28 bits per heavy atom. The van der Waals surface area contributed by atoms with Crippen LogP contribution in [0.1, 0.15) is 16.4 Å². The molecule has 1 atom stereocenters. The van der Waals surface area contributed by atoms with E-state index in [1.165, 1.54) is 11.3 Å². The third kappa shape index (κ3) is 3.47. The standard InChI is InChI=1S/C10H17N3O3S2/c1-8-11-12-10(17-8)6-13(3-4-14)9-2-5-18(15,16)7-9/h9,14H,2-7H2,1H3. The Morgan fingerprint density at radius 1 is 1.50 bits per heavy atom. The van der Waals surface area contributed by atoms with E-state index in [1.807, 2.05) is 11.8 Å². The second-order valence-electron chi connectivity index (χ2n) is 4.47. The summed E-state index contributed by atoms with van der Waals surface area (Å²) in [4.78, 5) is 1.99. The maximum atomic E-state index is 11.5. The molecule has 1 aliphatic rings. The maximum Gasteiger partial charge on any atom is 0.151 e. The fourth-order valence-corrected chi connectivity index (χ4v) is 4.65. The van der Waals surface area contributed by atoms with Gasteiger partial charge in [-0.3, -0.25) is 4.90 Å². The molecule has 1 aromatic rings. The first-order valence-corrected chi connectivity index (χ1v) is 8.48. The molecule has 1 aliphatic heterocycles. The van der Waals surface area contributed by atoms with Gasteiger partial charge in [0.15, 0.2) is 9.84 Å². The third-order valence-electron chi connectivity index (χ3n) is 3.02. The second-order valence-corrected chi connectivity index (χ2v) is 7.96. The number of aryl methyl sites for hydroxylation is 1. The van der Waals surface area contributed by atoms with E-state index < -0.39 is 9.84 Å². The van der Waals surface area contributed by atoms with Gasteiger partial charge in [0.1, 0.15) is 10.0 Å². The lowest BCUT2D eigenvalue weighted by Gasteiger charge is -2.25. The SMILES string of the molecule is Cc1nnc(CN(CCO)C2CCS(=O)(=O)C2)s1. The molecule has 0 spiro atoms. The number of aromatic nitrogens is 2. The molecule has 1 N–H and O–H groups in total. The zero-order chi connectivity index (χ0) is 13.2. The summed E-state index contributed by atoms with van der Waals surface area (Å²) in [6, 6.07) is -0.00800. The number of aliphatic hydroxyl groups excluding tert-OH is 1. The maximum absolute atomic E-state index is 11.5. The second kappa shape index (κ2) is 5.60. The van der Waals surface area contributed by atoms with Crippen molar-refractivity contribution < 1.29 is 13.5 Å². The van der Waals surface area contributed by atoms with Crippen molar-refractivity contribution in [3.05, 3.63) is 10.0 Å². The topological polar surface area (TPSA) is 83.4 Å². The molecule has 0 radical (unpaired) electrons. The lowest BCUT2D eigenvalue weighted by molar-refractivity contribution is 0.153. The highest BCUT2D eigenvalue weighted by Gasteiger charge is 2.32. The summed E-state index contributed by atoms with van der Waals surface area (Å²) >= 11 is 1.51. The summed E-state index contributed by atoms with van der Waals surface area (Å²) in [5.74, 6) is 0.430. The molecule has 0 bridgehead atoms. The van der Waals surface area contributed by atoms with Crippen LogP contribution in [0.4, 0.5) is 0 Å². The lowest BCUT2D eigenvalue weighted by Crippen LogP contribution is -2.37. The van der Waals surface area contributed by atoms with E-state index in [1.54, 1.807) is 0 Å². The van der Waals surface area contributed by atoms with E-state index in [4.69, 9.17) is 5.11 Å². The Morgan fingerprint density at radius 3 is 2.78 bits per heavy atom. The molecule has 0 aliphatic carbocycles. The largest absolute Gasteiger partial charge is 0.395 e. The summed E-state index contributed by atoms with van der Waals surface area (Å²) in [6.07, 6.45) is 0.639. The Balaban J connectivity index is 2.04. The minimum Gasteiger partial charge on any atom is -0.395 e. The van der Waals surface area contributed by atoms with Crippen molar-refractivity contribution in [1.29, 1.82) is 0 Å².